The smallest absolute Gasteiger partial charge is 0.410 e. The number of fused-ring (bicyclic) bond motifs is 1. The highest BCUT2D eigenvalue weighted by atomic mass is 127. The van der Waals surface area contributed by atoms with E-state index in [1.807, 2.05) is 22.6 Å². The predicted octanol–water partition coefficient (Wildman–Crippen LogP) is 0.871. The summed E-state index contributed by atoms with van der Waals surface area (Å²) < 4.78 is 7.38. The van der Waals surface area contributed by atoms with Gasteiger partial charge in [-0.2, -0.15) is 5.10 Å². The van der Waals surface area contributed by atoms with Gasteiger partial charge in [0.2, 0.25) is 0 Å². The lowest BCUT2D eigenvalue weighted by atomic mass is 10.1. The molecule has 2 amide bonds. The molecule has 1 atom stereocenters. The van der Waals surface area contributed by atoms with Gasteiger partial charge in [-0.05, 0) is 43.4 Å². The maximum atomic E-state index is 12.2. The van der Waals surface area contributed by atoms with Crippen LogP contribution in [0.4, 0.5) is 4.79 Å². The molecule has 9 heteroatoms. The molecule has 0 saturated heterocycles. The fourth-order valence-electron chi connectivity index (χ4n) is 2.31. The first kappa shape index (κ1) is 17.0. The molecule has 0 saturated carbocycles. The molecule has 2 heterocycles. The minimum absolute atomic E-state index is 0.166. The number of aromatic nitrogens is 2. The highest BCUT2D eigenvalue weighted by Gasteiger charge is 2.35. The third-order valence-corrected chi connectivity index (χ3v) is 3.95. The summed E-state index contributed by atoms with van der Waals surface area (Å²) >= 11 is 1.92. The lowest BCUT2D eigenvalue weighted by Crippen LogP contribution is -2.45. The summed E-state index contributed by atoms with van der Waals surface area (Å²) in [5.41, 5.74) is 5.58. The van der Waals surface area contributed by atoms with Crippen molar-refractivity contribution in [2.75, 3.05) is 13.2 Å². The van der Waals surface area contributed by atoms with Crippen LogP contribution in [0.15, 0.2) is 0 Å². The number of amides is 2. The van der Waals surface area contributed by atoms with E-state index >= 15 is 0 Å². The summed E-state index contributed by atoms with van der Waals surface area (Å²) in [7, 11) is 0. The van der Waals surface area contributed by atoms with Gasteiger partial charge in [-0.25, -0.2) is 4.79 Å². The summed E-state index contributed by atoms with van der Waals surface area (Å²) in [4.78, 5) is 25.3. The van der Waals surface area contributed by atoms with Gasteiger partial charge in [-0.15, -0.1) is 0 Å². The molecule has 22 heavy (non-hydrogen) atoms. The van der Waals surface area contributed by atoms with Gasteiger partial charge in [-0.3, -0.25) is 9.48 Å². The molecule has 8 nitrogen and oxygen atoms in total. The largest absolute Gasteiger partial charge is 0.444 e. The van der Waals surface area contributed by atoms with Crippen LogP contribution < -0.4 is 5.73 Å². The molecule has 1 unspecified atom stereocenters. The number of aliphatic hydroxyl groups excluding tert-OH is 1. The van der Waals surface area contributed by atoms with Gasteiger partial charge >= 0.3 is 6.09 Å². The lowest BCUT2D eigenvalue weighted by Gasteiger charge is -2.34. The molecule has 1 aliphatic heterocycles. The number of hydrogen-bond donors (Lipinski definition) is 2. The zero-order valence-corrected chi connectivity index (χ0v) is 14.8. The molecule has 0 radical (unpaired) electrons. The third-order valence-electron chi connectivity index (χ3n) is 3.19. The van der Waals surface area contributed by atoms with Crippen LogP contribution in [-0.4, -0.2) is 50.5 Å². The van der Waals surface area contributed by atoms with Gasteiger partial charge in [-0.1, -0.05) is 0 Å². The van der Waals surface area contributed by atoms with E-state index in [0.29, 0.717) is 9.39 Å². The number of hydrogen-bond acceptors (Lipinski definition) is 5. The van der Waals surface area contributed by atoms with Crippen molar-refractivity contribution in [2.45, 2.75) is 39.0 Å². The molecule has 2 rings (SSSR count). The van der Waals surface area contributed by atoms with E-state index in [1.54, 1.807) is 25.5 Å². The molecule has 0 bridgehead atoms. The summed E-state index contributed by atoms with van der Waals surface area (Å²) in [6, 6.07) is -0.433. The number of nitrogens with zero attached hydrogens (tertiary/aromatic N) is 3. The number of nitrogens with two attached hydrogens (primary N) is 1. The Bertz CT molecular complexity index is 608. The Hall–Kier alpha value is -1.36. The van der Waals surface area contributed by atoms with Gasteiger partial charge < -0.3 is 20.5 Å². The number of ether oxygens (including phenoxy) is 1. The molecule has 0 aliphatic carbocycles. The second kappa shape index (κ2) is 6.03. The summed E-state index contributed by atoms with van der Waals surface area (Å²) in [6.45, 7) is 5.55. The normalized spacial score (nSPS) is 18.0. The second-order valence-corrected chi connectivity index (χ2v) is 7.14. The highest BCUT2D eigenvalue weighted by Crippen LogP contribution is 2.27. The molecule has 1 aliphatic rings. The first-order chi connectivity index (χ1) is 10.1. The molecule has 0 aromatic carbocycles. The number of carbonyl (C=O) groups excluding carboxylic acids is 2. The Morgan fingerprint density at radius 2 is 2.14 bits per heavy atom. The number of carbonyl (C=O) groups is 2. The van der Waals surface area contributed by atoms with Crippen LogP contribution in [0.1, 0.15) is 42.9 Å². The summed E-state index contributed by atoms with van der Waals surface area (Å²) in [5.74, 6) is -0.603. The molecule has 1 aromatic rings. The topological polar surface area (TPSA) is 111 Å². The van der Waals surface area contributed by atoms with E-state index in [4.69, 9.17) is 10.5 Å². The standard InChI is InChI=1S/C13H19IN4O4/c1-13(2,3)22-12(21)17-4-7(6-19)18-8(5-17)9(11(15)20)10(14)16-18/h7,19H,4-6H2,1-3H3,(H2,15,20). The predicted molar refractivity (Wildman–Crippen MR) is 86.2 cm³/mol. The Morgan fingerprint density at radius 1 is 1.50 bits per heavy atom. The highest BCUT2D eigenvalue weighted by molar-refractivity contribution is 14.1. The number of rotatable bonds is 2. The van der Waals surface area contributed by atoms with E-state index in [-0.39, 0.29) is 25.3 Å². The average Bonchev–Trinajstić information content (AvgIpc) is 2.71. The van der Waals surface area contributed by atoms with Gasteiger partial charge in [0.05, 0.1) is 30.5 Å². The molecule has 1 aromatic heterocycles. The lowest BCUT2D eigenvalue weighted by molar-refractivity contribution is 0.0127. The van der Waals surface area contributed by atoms with Crippen molar-refractivity contribution in [1.29, 1.82) is 0 Å². The summed E-state index contributed by atoms with van der Waals surface area (Å²) in [6.07, 6.45) is -0.496. The maximum absolute atomic E-state index is 12.2. The molecule has 0 spiro atoms. The van der Waals surface area contributed by atoms with Crippen LogP contribution in [0.25, 0.3) is 0 Å². The van der Waals surface area contributed by atoms with E-state index in [9.17, 15) is 14.7 Å². The molecular formula is C13H19IN4O4. The van der Waals surface area contributed by atoms with Gasteiger partial charge in [0.1, 0.15) is 9.30 Å². The van der Waals surface area contributed by atoms with E-state index < -0.39 is 23.6 Å². The van der Waals surface area contributed by atoms with Crippen molar-refractivity contribution in [3.05, 3.63) is 15.0 Å². The van der Waals surface area contributed by atoms with Crippen molar-refractivity contribution >= 4 is 34.6 Å². The molecule has 3 N–H and O–H groups in total. The molecule has 0 fully saturated rings. The van der Waals surface area contributed by atoms with Crippen LogP contribution in [0.5, 0.6) is 0 Å². The third kappa shape index (κ3) is 3.35. The number of aliphatic hydroxyl groups is 1. The fraction of sp³-hybridized carbons (Fsp3) is 0.615. The van der Waals surface area contributed by atoms with E-state index in [1.165, 1.54) is 4.90 Å². The minimum Gasteiger partial charge on any atom is -0.444 e. The quantitative estimate of drug-likeness (QED) is 0.688. The monoisotopic (exact) mass is 422 g/mol. The first-order valence-electron chi connectivity index (χ1n) is 6.79. The first-order valence-corrected chi connectivity index (χ1v) is 7.87. The molecule has 122 valence electrons. The molecular weight excluding hydrogens is 403 g/mol. The van der Waals surface area contributed by atoms with Gasteiger partial charge in [0.25, 0.3) is 5.91 Å². The minimum atomic E-state index is -0.621. The Balaban J connectivity index is 2.35. The zero-order chi connectivity index (χ0) is 16.7. The zero-order valence-electron chi connectivity index (χ0n) is 12.7. The Kier molecular flexibility index (Phi) is 4.66. The maximum Gasteiger partial charge on any atom is 0.410 e. The van der Waals surface area contributed by atoms with Crippen LogP contribution in [0.2, 0.25) is 0 Å². The van der Waals surface area contributed by atoms with Gasteiger partial charge in [0.15, 0.2) is 0 Å². The van der Waals surface area contributed by atoms with Crippen LogP contribution in [-0.2, 0) is 11.3 Å². The van der Waals surface area contributed by atoms with Crippen LogP contribution >= 0.6 is 22.6 Å². The van der Waals surface area contributed by atoms with Crippen molar-refractivity contribution in [3.63, 3.8) is 0 Å². The van der Waals surface area contributed by atoms with Crippen molar-refractivity contribution in [1.82, 2.24) is 14.7 Å². The number of primary amides is 1. The van der Waals surface area contributed by atoms with Crippen molar-refractivity contribution < 1.29 is 19.4 Å². The van der Waals surface area contributed by atoms with Crippen LogP contribution in [0.3, 0.4) is 0 Å². The fourth-order valence-corrected chi connectivity index (χ4v) is 3.12. The summed E-state index contributed by atoms with van der Waals surface area (Å²) in [5, 5.41) is 13.8. The van der Waals surface area contributed by atoms with E-state index in [2.05, 4.69) is 5.10 Å². The van der Waals surface area contributed by atoms with Crippen LogP contribution in [0, 0.1) is 3.70 Å². The van der Waals surface area contributed by atoms with Gasteiger partial charge in [0, 0.05) is 6.54 Å². The SMILES string of the molecule is CC(C)(C)OC(=O)N1Cc2c(C(N)=O)c(I)nn2C(CO)C1. The Labute approximate surface area is 141 Å². The van der Waals surface area contributed by atoms with Crippen molar-refractivity contribution in [3.8, 4) is 0 Å². The Morgan fingerprint density at radius 3 is 2.64 bits per heavy atom. The second-order valence-electron chi connectivity index (χ2n) is 6.12. The average molecular weight is 422 g/mol. The number of halogens is 1. The van der Waals surface area contributed by atoms with E-state index in [0.717, 1.165) is 0 Å². The van der Waals surface area contributed by atoms with Crippen molar-refractivity contribution in [2.24, 2.45) is 5.73 Å².